The van der Waals surface area contributed by atoms with Gasteiger partial charge in [-0.15, -0.1) is 12.4 Å². The highest BCUT2D eigenvalue weighted by atomic mass is 35.5. The molecule has 1 fully saturated rings. The van der Waals surface area contributed by atoms with Gasteiger partial charge in [0.1, 0.15) is 0 Å². The number of aryl methyl sites for hydroxylation is 1. The first-order valence-electron chi connectivity index (χ1n) is 5.46. The number of hydrogen-bond donors (Lipinski definition) is 1. The van der Waals surface area contributed by atoms with Gasteiger partial charge in [-0.1, -0.05) is 0 Å². The highest BCUT2D eigenvalue weighted by Crippen LogP contribution is 2.31. The lowest BCUT2D eigenvalue weighted by Gasteiger charge is -2.32. The van der Waals surface area contributed by atoms with E-state index in [1.165, 1.54) is 0 Å². The van der Waals surface area contributed by atoms with Crippen molar-refractivity contribution < 1.29 is 0 Å². The van der Waals surface area contributed by atoms with Gasteiger partial charge in [-0.3, -0.25) is 9.13 Å². The predicted molar refractivity (Wildman–Crippen MR) is 68.5 cm³/mol. The van der Waals surface area contributed by atoms with E-state index in [0.29, 0.717) is 0 Å². The number of nitrogens with two attached hydrogens (primary N) is 1. The van der Waals surface area contributed by atoms with Gasteiger partial charge in [-0.2, -0.15) is 0 Å². The fourth-order valence-corrected chi connectivity index (χ4v) is 2.36. The van der Waals surface area contributed by atoms with E-state index in [1.54, 1.807) is 22.4 Å². The molecule has 92 valence electrons. The van der Waals surface area contributed by atoms with Crippen LogP contribution in [0.3, 0.4) is 0 Å². The molecule has 3 rings (SSSR count). The second kappa shape index (κ2) is 4.16. The number of hydrogen-bond acceptors (Lipinski definition) is 3. The van der Waals surface area contributed by atoms with Crippen molar-refractivity contribution in [3.05, 3.63) is 28.8 Å². The van der Waals surface area contributed by atoms with E-state index in [4.69, 9.17) is 5.73 Å². The van der Waals surface area contributed by atoms with E-state index < -0.39 is 0 Å². The Kier molecular flexibility index (Phi) is 2.97. The molecule has 1 aliphatic carbocycles. The van der Waals surface area contributed by atoms with Crippen molar-refractivity contribution in [2.24, 2.45) is 12.8 Å². The zero-order chi connectivity index (χ0) is 11.3. The van der Waals surface area contributed by atoms with Crippen LogP contribution >= 0.6 is 12.4 Å². The molecular formula is C11H15ClN4O. The van der Waals surface area contributed by atoms with Crippen molar-refractivity contribution in [2.75, 3.05) is 0 Å². The summed E-state index contributed by atoms with van der Waals surface area (Å²) in [6.07, 6.45) is 3.46. The molecule has 17 heavy (non-hydrogen) atoms. The van der Waals surface area contributed by atoms with Crippen LogP contribution < -0.4 is 11.4 Å². The maximum atomic E-state index is 12.1. The second-order valence-electron chi connectivity index (χ2n) is 4.44. The van der Waals surface area contributed by atoms with Crippen molar-refractivity contribution >= 4 is 23.6 Å². The highest BCUT2D eigenvalue weighted by Gasteiger charge is 2.30. The lowest BCUT2D eigenvalue weighted by atomic mass is 9.87. The quantitative estimate of drug-likeness (QED) is 0.819. The Morgan fingerprint density at radius 2 is 2.18 bits per heavy atom. The summed E-state index contributed by atoms with van der Waals surface area (Å²) in [5.41, 5.74) is 7.42. The molecule has 0 atom stereocenters. The maximum absolute atomic E-state index is 12.1. The number of fused-ring (bicyclic) bond motifs is 1. The summed E-state index contributed by atoms with van der Waals surface area (Å²) in [4.78, 5) is 16.4. The molecule has 0 saturated heterocycles. The fraction of sp³-hybridized carbons (Fsp3) is 0.455. The minimum absolute atomic E-state index is 0. The summed E-state index contributed by atoms with van der Waals surface area (Å²) in [7, 11) is 1.78. The van der Waals surface area contributed by atoms with Gasteiger partial charge in [0.2, 0.25) is 0 Å². The summed E-state index contributed by atoms with van der Waals surface area (Å²) in [6, 6.07) is 4.22. The molecule has 0 radical (unpaired) electrons. The molecule has 1 saturated carbocycles. The van der Waals surface area contributed by atoms with Crippen molar-refractivity contribution in [1.29, 1.82) is 0 Å². The second-order valence-corrected chi connectivity index (χ2v) is 4.44. The lowest BCUT2D eigenvalue weighted by Crippen LogP contribution is -2.41. The van der Waals surface area contributed by atoms with Crippen LogP contribution in [0.1, 0.15) is 18.9 Å². The largest absolute Gasteiger partial charge is 0.330 e. The molecule has 6 heteroatoms. The predicted octanol–water partition coefficient (Wildman–Crippen LogP) is 0.819. The number of halogens is 1. The summed E-state index contributed by atoms with van der Waals surface area (Å²) in [5, 5.41) is 0. The summed E-state index contributed by atoms with van der Waals surface area (Å²) >= 11 is 0. The molecule has 2 heterocycles. The van der Waals surface area contributed by atoms with Crippen LogP contribution in [0.5, 0.6) is 0 Å². The molecule has 0 bridgehead atoms. The van der Waals surface area contributed by atoms with Gasteiger partial charge < -0.3 is 5.73 Å². The van der Waals surface area contributed by atoms with E-state index in [1.807, 2.05) is 12.1 Å². The van der Waals surface area contributed by atoms with Crippen LogP contribution in [0.4, 0.5) is 0 Å². The van der Waals surface area contributed by atoms with Crippen LogP contribution in [0.2, 0.25) is 0 Å². The fourth-order valence-electron chi connectivity index (χ4n) is 2.36. The van der Waals surface area contributed by atoms with Gasteiger partial charge in [0.15, 0.2) is 5.65 Å². The maximum Gasteiger partial charge on any atom is 0.330 e. The van der Waals surface area contributed by atoms with E-state index in [2.05, 4.69) is 4.98 Å². The molecule has 2 N–H and O–H groups in total. The first-order chi connectivity index (χ1) is 7.68. The van der Waals surface area contributed by atoms with Crippen LogP contribution in [-0.4, -0.2) is 20.2 Å². The standard InChI is InChI=1S/C11H14N4O.ClH/c1-14-9-3-2-4-13-10(9)15(11(14)16)8-5-7(12)6-8;/h2-4,7-8H,5-6,12H2,1H3;1H/t7-,8-;. The van der Waals surface area contributed by atoms with E-state index in [9.17, 15) is 4.79 Å². The number of imidazole rings is 1. The topological polar surface area (TPSA) is 65.8 Å². The van der Waals surface area contributed by atoms with Crippen molar-refractivity contribution in [3.63, 3.8) is 0 Å². The van der Waals surface area contributed by atoms with Gasteiger partial charge in [0.05, 0.1) is 5.52 Å². The zero-order valence-electron chi connectivity index (χ0n) is 9.54. The number of nitrogens with zero attached hydrogens (tertiary/aromatic N) is 3. The molecule has 0 amide bonds. The Morgan fingerprint density at radius 3 is 2.82 bits per heavy atom. The molecule has 0 aromatic carbocycles. The van der Waals surface area contributed by atoms with E-state index >= 15 is 0 Å². The SMILES string of the molecule is Cl.Cn1c(=O)n([C@H]2C[C@H](N)C2)c2ncccc21. The molecule has 5 nitrogen and oxygen atoms in total. The molecule has 1 aliphatic rings. The minimum Gasteiger partial charge on any atom is -0.328 e. The Balaban J connectivity index is 0.00000108. The average Bonchev–Trinajstić information content (AvgIpc) is 2.49. The molecule has 0 aliphatic heterocycles. The number of pyridine rings is 1. The van der Waals surface area contributed by atoms with Crippen LogP contribution in [0.25, 0.3) is 11.2 Å². The summed E-state index contributed by atoms with van der Waals surface area (Å²) in [5.74, 6) is 0. The first kappa shape index (κ1) is 12.1. The average molecular weight is 255 g/mol. The first-order valence-corrected chi connectivity index (χ1v) is 5.46. The third-order valence-electron chi connectivity index (χ3n) is 3.36. The molecule has 2 aromatic heterocycles. The van der Waals surface area contributed by atoms with Gasteiger partial charge >= 0.3 is 5.69 Å². The third-order valence-corrected chi connectivity index (χ3v) is 3.36. The van der Waals surface area contributed by atoms with E-state index in [-0.39, 0.29) is 30.2 Å². The normalized spacial score (nSPS) is 23.2. The Morgan fingerprint density at radius 1 is 1.47 bits per heavy atom. The summed E-state index contributed by atoms with van der Waals surface area (Å²) < 4.78 is 3.42. The highest BCUT2D eigenvalue weighted by molar-refractivity contribution is 5.85. The van der Waals surface area contributed by atoms with Gasteiger partial charge in [0, 0.05) is 25.3 Å². The van der Waals surface area contributed by atoms with Crippen molar-refractivity contribution in [3.8, 4) is 0 Å². The van der Waals surface area contributed by atoms with Gasteiger partial charge in [0.25, 0.3) is 0 Å². The van der Waals surface area contributed by atoms with Crippen molar-refractivity contribution in [2.45, 2.75) is 24.9 Å². The van der Waals surface area contributed by atoms with E-state index in [0.717, 1.165) is 24.0 Å². The zero-order valence-corrected chi connectivity index (χ0v) is 10.4. The molecule has 2 aromatic rings. The molecular weight excluding hydrogens is 240 g/mol. The smallest absolute Gasteiger partial charge is 0.328 e. The van der Waals surface area contributed by atoms with Crippen LogP contribution in [0, 0.1) is 0 Å². The lowest BCUT2D eigenvalue weighted by molar-refractivity contribution is 0.264. The minimum atomic E-state index is 0. The molecule has 0 spiro atoms. The number of rotatable bonds is 1. The van der Waals surface area contributed by atoms with Gasteiger partial charge in [-0.25, -0.2) is 9.78 Å². The summed E-state index contributed by atoms with van der Waals surface area (Å²) in [6.45, 7) is 0. The Labute approximate surface area is 105 Å². The Hall–Kier alpha value is -1.33. The monoisotopic (exact) mass is 254 g/mol. The van der Waals surface area contributed by atoms with Crippen LogP contribution in [-0.2, 0) is 7.05 Å². The number of aromatic nitrogens is 3. The molecule has 0 unspecified atom stereocenters. The van der Waals surface area contributed by atoms with Crippen molar-refractivity contribution in [1.82, 2.24) is 14.1 Å². The van der Waals surface area contributed by atoms with Crippen LogP contribution in [0.15, 0.2) is 23.1 Å². The Bertz CT molecular complexity index is 597. The third kappa shape index (κ3) is 1.66. The van der Waals surface area contributed by atoms with Gasteiger partial charge in [-0.05, 0) is 25.0 Å².